The predicted molar refractivity (Wildman–Crippen MR) is 85.9 cm³/mol. The molecule has 0 rings (SSSR count). The smallest absolute Gasteiger partial charge is 0.305 e. The van der Waals surface area contributed by atoms with Gasteiger partial charge in [0.2, 0.25) is 0 Å². The molecule has 0 unspecified atom stereocenters. The molecule has 0 saturated carbocycles. The van der Waals surface area contributed by atoms with Gasteiger partial charge in [-0.1, -0.05) is 51.2 Å². The first kappa shape index (κ1) is 19.2. The lowest BCUT2D eigenvalue weighted by atomic mass is 10.1. The molecule has 0 amide bonds. The molecule has 0 fully saturated rings. The highest BCUT2D eigenvalue weighted by Gasteiger charge is 2.01. The average Bonchev–Trinajstić information content (AvgIpc) is 2.45. The number of esters is 1. The maximum Gasteiger partial charge on any atom is 0.305 e. The number of ether oxygens (including phenoxy) is 1. The Morgan fingerprint density at radius 3 is 2.35 bits per heavy atom. The van der Waals surface area contributed by atoms with Crippen molar-refractivity contribution in [3.05, 3.63) is 12.2 Å². The summed E-state index contributed by atoms with van der Waals surface area (Å²) in [5.74, 6) is -0.0564. The van der Waals surface area contributed by atoms with Crippen molar-refractivity contribution in [1.82, 2.24) is 5.32 Å². The van der Waals surface area contributed by atoms with Crippen LogP contribution in [0.2, 0.25) is 0 Å². The summed E-state index contributed by atoms with van der Waals surface area (Å²) >= 11 is 0. The van der Waals surface area contributed by atoms with Crippen LogP contribution in [-0.2, 0) is 9.53 Å². The van der Waals surface area contributed by atoms with Gasteiger partial charge in [0.25, 0.3) is 0 Å². The van der Waals surface area contributed by atoms with Crippen molar-refractivity contribution in [3.63, 3.8) is 0 Å². The summed E-state index contributed by atoms with van der Waals surface area (Å²) in [5.41, 5.74) is 0. The Balaban J connectivity index is 3.16. The number of unbranched alkanes of at least 4 members (excludes halogenated alkanes) is 7. The van der Waals surface area contributed by atoms with E-state index in [1.54, 1.807) is 0 Å². The Bertz CT molecular complexity index is 239. The molecule has 20 heavy (non-hydrogen) atoms. The standard InChI is InChI=1S/C17H33NO2/c1-3-4-5-6-7-8-9-10-11-12-13-14-17(19)20-16-15-18-2/h6-7,18H,3-5,8-16H2,1-2H3/b7-6+. The number of carbonyl (C=O) groups is 1. The van der Waals surface area contributed by atoms with E-state index in [1.807, 2.05) is 7.05 Å². The number of hydrogen-bond donors (Lipinski definition) is 1. The van der Waals surface area contributed by atoms with Gasteiger partial charge in [0.05, 0.1) is 0 Å². The zero-order valence-electron chi connectivity index (χ0n) is 13.5. The monoisotopic (exact) mass is 283 g/mol. The largest absolute Gasteiger partial charge is 0.464 e. The van der Waals surface area contributed by atoms with Gasteiger partial charge in [-0.2, -0.15) is 0 Å². The normalized spacial score (nSPS) is 11.1. The lowest BCUT2D eigenvalue weighted by Crippen LogP contribution is -2.17. The Kier molecular flexibility index (Phi) is 15.6. The van der Waals surface area contributed by atoms with Crippen molar-refractivity contribution in [2.45, 2.75) is 71.1 Å². The first-order chi connectivity index (χ1) is 9.81. The van der Waals surface area contributed by atoms with E-state index in [1.165, 1.54) is 44.9 Å². The Morgan fingerprint density at radius 1 is 1.00 bits per heavy atom. The van der Waals surface area contributed by atoms with Crippen LogP contribution in [0.4, 0.5) is 0 Å². The van der Waals surface area contributed by atoms with E-state index >= 15 is 0 Å². The summed E-state index contributed by atoms with van der Waals surface area (Å²) in [4.78, 5) is 11.3. The maximum atomic E-state index is 11.3. The van der Waals surface area contributed by atoms with Crippen LogP contribution in [0.5, 0.6) is 0 Å². The summed E-state index contributed by atoms with van der Waals surface area (Å²) in [5, 5.41) is 2.95. The fourth-order valence-electron chi connectivity index (χ4n) is 1.96. The predicted octanol–water partition coefficient (Wildman–Crippen LogP) is 4.23. The Labute approximate surface area is 125 Å². The lowest BCUT2D eigenvalue weighted by molar-refractivity contribution is -0.143. The van der Waals surface area contributed by atoms with Crippen LogP contribution in [0.1, 0.15) is 71.1 Å². The molecule has 0 aromatic heterocycles. The minimum absolute atomic E-state index is 0.0564. The highest BCUT2D eigenvalue weighted by molar-refractivity contribution is 5.69. The van der Waals surface area contributed by atoms with Crippen LogP contribution < -0.4 is 5.32 Å². The molecule has 0 aliphatic heterocycles. The number of nitrogens with one attached hydrogen (secondary N) is 1. The van der Waals surface area contributed by atoms with Crippen molar-refractivity contribution < 1.29 is 9.53 Å². The van der Waals surface area contributed by atoms with Crippen molar-refractivity contribution in [2.75, 3.05) is 20.2 Å². The fraction of sp³-hybridized carbons (Fsp3) is 0.824. The minimum Gasteiger partial charge on any atom is -0.464 e. The minimum atomic E-state index is -0.0564. The van der Waals surface area contributed by atoms with Crippen LogP contribution in [0.25, 0.3) is 0 Å². The molecule has 0 radical (unpaired) electrons. The highest BCUT2D eigenvalue weighted by atomic mass is 16.5. The van der Waals surface area contributed by atoms with Gasteiger partial charge in [0.1, 0.15) is 6.61 Å². The number of hydrogen-bond acceptors (Lipinski definition) is 3. The average molecular weight is 283 g/mol. The van der Waals surface area contributed by atoms with E-state index in [0.29, 0.717) is 13.0 Å². The lowest BCUT2D eigenvalue weighted by Gasteiger charge is -2.04. The van der Waals surface area contributed by atoms with E-state index in [0.717, 1.165) is 19.4 Å². The Hall–Kier alpha value is -0.830. The summed E-state index contributed by atoms with van der Waals surface area (Å²) in [6.45, 7) is 3.45. The molecule has 0 heterocycles. The molecule has 0 bridgehead atoms. The third-order valence-corrected chi connectivity index (χ3v) is 3.26. The maximum absolute atomic E-state index is 11.3. The molecule has 3 heteroatoms. The summed E-state index contributed by atoms with van der Waals surface area (Å²) < 4.78 is 5.06. The van der Waals surface area contributed by atoms with E-state index in [-0.39, 0.29) is 5.97 Å². The van der Waals surface area contributed by atoms with E-state index in [9.17, 15) is 4.79 Å². The molecule has 0 aliphatic rings. The first-order valence-electron chi connectivity index (χ1n) is 8.26. The highest BCUT2D eigenvalue weighted by Crippen LogP contribution is 2.08. The molecule has 0 aliphatic carbocycles. The van der Waals surface area contributed by atoms with Gasteiger partial charge in [-0.15, -0.1) is 0 Å². The van der Waals surface area contributed by atoms with Crippen LogP contribution in [0.15, 0.2) is 12.2 Å². The van der Waals surface area contributed by atoms with Crippen LogP contribution >= 0.6 is 0 Å². The molecular weight excluding hydrogens is 250 g/mol. The zero-order valence-corrected chi connectivity index (χ0v) is 13.5. The topological polar surface area (TPSA) is 38.3 Å². The zero-order chi connectivity index (χ0) is 14.9. The quantitative estimate of drug-likeness (QED) is 0.294. The third kappa shape index (κ3) is 15.2. The van der Waals surface area contributed by atoms with Gasteiger partial charge in [-0.3, -0.25) is 4.79 Å². The van der Waals surface area contributed by atoms with Crippen LogP contribution in [0.3, 0.4) is 0 Å². The second-order valence-electron chi connectivity index (χ2n) is 5.24. The SMILES string of the molecule is CCCC/C=C/CCCCCCCC(=O)OCCNC. The molecule has 118 valence electrons. The van der Waals surface area contributed by atoms with E-state index in [4.69, 9.17) is 4.74 Å². The summed E-state index contributed by atoms with van der Waals surface area (Å²) in [7, 11) is 1.85. The van der Waals surface area contributed by atoms with Crippen molar-refractivity contribution in [2.24, 2.45) is 0 Å². The van der Waals surface area contributed by atoms with Gasteiger partial charge >= 0.3 is 5.97 Å². The summed E-state index contributed by atoms with van der Waals surface area (Å²) in [6, 6.07) is 0. The van der Waals surface area contributed by atoms with E-state index in [2.05, 4.69) is 24.4 Å². The van der Waals surface area contributed by atoms with E-state index < -0.39 is 0 Å². The molecule has 0 aromatic carbocycles. The van der Waals surface area contributed by atoms with Crippen LogP contribution in [0, 0.1) is 0 Å². The van der Waals surface area contributed by atoms with Crippen molar-refractivity contribution >= 4 is 5.97 Å². The molecule has 1 N–H and O–H groups in total. The first-order valence-corrected chi connectivity index (χ1v) is 8.26. The number of allylic oxidation sites excluding steroid dienone is 2. The number of likely N-dealkylation sites (N-methyl/N-ethyl adjacent to an activating group) is 1. The van der Waals surface area contributed by atoms with Gasteiger partial charge in [0.15, 0.2) is 0 Å². The van der Waals surface area contributed by atoms with Gasteiger partial charge in [0, 0.05) is 13.0 Å². The summed E-state index contributed by atoms with van der Waals surface area (Å²) in [6.07, 6.45) is 16.1. The second-order valence-corrected chi connectivity index (χ2v) is 5.24. The van der Waals surface area contributed by atoms with Gasteiger partial charge < -0.3 is 10.1 Å². The van der Waals surface area contributed by atoms with Crippen molar-refractivity contribution in [1.29, 1.82) is 0 Å². The third-order valence-electron chi connectivity index (χ3n) is 3.26. The molecule has 0 saturated heterocycles. The second kappa shape index (κ2) is 16.2. The van der Waals surface area contributed by atoms with Gasteiger partial charge in [-0.25, -0.2) is 0 Å². The number of rotatable bonds is 14. The number of carbonyl (C=O) groups excluding carboxylic acids is 1. The molecule has 3 nitrogen and oxygen atoms in total. The molecule has 0 spiro atoms. The Morgan fingerprint density at radius 2 is 1.65 bits per heavy atom. The fourth-order valence-corrected chi connectivity index (χ4v) is 1.96. The molecular formula is C17H33NO2. The molecule has 0 aromatic rings. The van der Waals surface area contributed by atoms with Crippen LogP contribution in [-0.4, -0.2) is 26.2 Å². The van der Waals surface area contributed by atoms with Crippen molar-refractivity contribution in [3.8, 4) is 0 Å². The van der Waals surface area contributed by atoms with Gasteiger partial charge in [-0.05, 0) is 32.7 Å². The molecule has 0 atom stereocenters.